The van der Waals surface area contributed by atoms with Gasteiger partial charge in [0.25, 0.3) is 0 Å². The molecule has 0 radical (unpaired) electrons. The highest BCUT2D eigenvalue weighted by Crippen LogP contribution is 2.37. The van der Waals surface area contributed by atoms with Gasteiger partial charge in [-0.3, -0.25) is 5.10 Å². The second-order valence-corrected chi connectivity index (χ2v) is 11.5. The molecule has 3 N–H and O–H groups in total. The standard InChI is InChI=1S/C21H27N7O4S/c1-21(5-6-21)24-20(29)32-15-4-3-13(9-15)16-11-18(26-25-16)23-19-17-10-14(12-33(2,30)31)27-28(17)8-7-22-19/h7-8,10-11,13,15H,3-6,9,12H2,1-2H3,(H,24,29)(H2,22,23,25,26). The zero-order valence-electron chi connectivity index (χ0n) is 18.5. The Bertz CT molecular complexity index is 1290. The first-order valence-corrected chi connectivity index (χ1v) is 13.0. The number of nitrogens with one attached hydrogen (secondary N) is 3. The topological polar surface area (TPSA) is 143 Å². The van der Waals surface area contributed by atoms with E-state index in [1.807, 2.05) is 13.0 Å². The van der Waals surface area contributed by atoms with Gasteiger partial charge >= 0.3 is 6.09 Å². The maximum absolute atomic E-state index is 12.1. The Hall–Kier alpha value is -3.15. The fourth-order valence-corrected chi connectivity index (χ4v) is 4.89. The van der Waals surface area contributed by atoms with Gasteiger partial charge in [0.15, 0.2) is 21.5 Å². The third-order valence-corrected chi connectivity index (χ3v) is 7.02. The van der Waals surface area contributed by atoms with E-state index in [0.29, 0.717) is 22.8 Å². The molecule has 12 heteroatoms. The Balaban J connectivity index is 1.23. The zero-order valence-corrected chi connectivity index (χ0v) is 19.4. The normalized spacial score (nSPS) is 21.8. The van der Waals surface area contributed by atoms with Crippen LogP contribution in [-0.4, -0.2) is 57.2 Å². The largest absolute Gasteiger partial charge is 0.446 e. The number of nitrogens with zero attached hydrogens (tertiary/aromatic N) is 4. The molecule has 2 saturated carbocycles. The lowest BCUT2D eigenvalue weighted by atomic mass is 10.0. The fourth-order valence-electron chi connectivity index (χ4n) is 4.21. The Morgan fingerprint density at radius 1 is 1.33 bits per heavy atom. The molecule has 0 aliphatic heterocycles. The molecule has 2 atom stereocenters. The third kappa shape index (κ3) is 5.10. The van der Waals surface area contributed by atoms with Crippen molar-refractivity contribution in [2.24, 2.45) is 0 Å². The minimum absolute atomic E-state index is 0.0863. The van der Waals surface area contributed by atoms with Gasteiger partial charge in [-0.1, -0.05) is 0 Å². The van der Waals surface area contributed by atoms with E-state index in [-0.39, 0.29) is 29.4 Å². The molecular weight excluding hydrogens is 446 g/mol. The quantitative estimate of drug-likeness (QED) is 0.475. The molecule has 2 aliphatic carbocycles. The predicted molar refractivity (Wildman–Crippen MR) is 121 cm³/mol. The van der Waals surface area contributed by atoms with E-state index in [1.54, 1.807) is 23.0 Å². The molecule has 176 valence electrons. The number of ether oxygens (including phenoxy) is 1. The van der Waals surface area contributed by atoms with Crippen LogP contribution in [0.5, 0.6) is 0 Å². The van der Waals surface area contributed by atoms with Gasteiger partial charge in [0.2, 0.25) is 0 Å². The lowest BCUT2D eigenvalue weighted by molar-refractivity contribution is 0.0967. The minimum Gasteiger partial charge on any atom is -0.446 e. The van der Waals surface area contributed by atoms with Crippen LogP contribution in [0.4, 0.5) is 16.4 Å². The van der Waals surface area contributed by atoms with Gasteiger partial charge in [-0.25, -0.2) is 22.7 Å². The van der Waals surface area contributed by atoms with Crippen molar-refractivity contribution in [3.63, 3.8) is 0 Å². The number of amides is 1. The SMILES string of the molecule is CC1(NC(=O)OC2CCC(c3cc(Nc4nccn5nc(CS(C)(=O)=O)cc45)n[nH]3)C2)CC1. The number of hydrogen-bond acceptors (Lipinski definition) is 8. The fraction of sp³-hybridized carbons (Fsp3) is 0.524. The van der Waals surface area contributed by atoms with E-state index < -0.39 is 9.84 Å². The molecular formula is C21H27N7O4S. The van der Waals surface area contributed by atoms with Gasteiger partial charge in [0, 0.05) is 41.9 Å². The predicted octanol–water partition coefficient (Wildman–Crippen LogP) is 2.66. The highest BCUT2D eigenvalue weighted by atomic mass is 32.2. The van der Waals surface area contributed by atoms with Crippen LogP contribution in [0, 0.1) is 0 Å². The molecule has 33 heavy (non-hydrogen) atoms. The first kappa shape index (κ1) is 21.7. The molecule has 2 aliphatic rings. The van der Waals surface area contributed by atoms with E-state index in [4.69, 9.17) is 4.74 Å². The van der Waals surface area contributed by atoms with Crippen molar-refractivity contribution in [3.05, 3.63) is 35.9 Å². The number of aromatic nitrogens is 5. The van der Waals surface area contributed by atoms with E-state index in [1.165, 1.54) is 6.26 Å². The van der Waals surface area contributed by atoms with Crippen LogP contribution in [0.1, 0.15) is 56.3 Å². The summed E-state index contributed by atoms with van der Waals surface area (Å²) in [4.78, 5) is 16.4. The van der Waals surface area contributed by atoms with E-state index in [9.17, 15) is 13.2 Å². The average Bonchev–Trinajstić information content (AvgIpc) is 3.12. The van der Waals surface area contributed by atoms with Gasteiger partial charge in [-0.15, -0.1) is 0 Å². The van der Waals surface area contributed by atoms with Crippen molar-refractivity contribution in [3.8, 4) is 0 Å². The summed E-state index contributed by atoms with van der Waals surface area (Å²) in [5.74, 6) is 1.21. The summed E-state index contributed by atoms with van der Waals surface area (Å²) in [5.41, 5.74) is 1.99. The van der Waals surface area contributed by atoms with Crippen LogP contribution < -0.4 is 10.6 Å². The molecule has 0 saturated heterocycles. The number of aromatic amines is 1. The number of alkyl carbamates (subject to hydrolysis) is 1. The molecule has 3 aromatic rings. The van der Waals surface area contributed by atoms with Crippen molar-refractivity contribution in [2.45, 2.75) is 62.3 Å². The first-order valence-electron chi connectivity index (χ1n) is 11.0. The lowest BCUT2D eigenvalue weighted by Gasteiger charge is -2.16. The van der Waals surface area contributed by atoms with Gasteiger partial charge in [-0.05, 0) is 45.1 Å². The van der Waals surface area contributed by atoms with Crippen molar-refractivity contribution >= 4 is 33.1 Å². The number of sulfone groups is 1. The number of fused-ring (bicyclic) bond motifs is 1. The van der Waals surface area contributed by atoms with Gasteiger partial charge in [0.1, 0.15) is 11.6 Å². The summed E-state index contributed by atoms with van der Waals surface area (Å²) in [6, 6.07) is 3.63. The summed E-state index contributed by atoms with van der Waals surface area (Å²) in [6.07, 6.45) is 8.47. The number of hydrogen-bond donors (Lipinski definition) is 3. The van der Waals surface area contributed by atoms with Crippen LogP contribution in [0.15, 0.2) is 24.5 Å². The smallest absolute Gasteiger partial charge is 0.407 e. The number of H-pyrrole nitrogens is 1. The maximum atomic E-state index is 12.1. The average molecular weight is 474 g/mol. The monoisotopic (exact) mass is 473 g/mol. The molecule has 2 unspecified atom stereocenters. The number of rotatable bonds is 7. The Morgan fingerprint density at radius 2 is 2.15 bits per heavy atom. The van der Waals surface area contributed by atoms with Crippen LogP contribution in [0.3, 0.4) is 0 Å². The molecule has 2 fully saturated rings. The van der Waals surface area contributed by atoms with E-state index in [2.05, 4.69) is 30.9 Å². The molecule has 1 amide bonds. The third-order valence-electron chi connectivity index (χ3n) is 6.20. The summed E-state index contributed by atoms with van der Waals surface area (Å²) in [7, 11) is -3.19. The summed E-state index contributed by atoms with van der Waals surface area (Å²) < 4.78 is 30.4. The van der Waals surface area contributed by atoms with Gasteiger partial charge in [0.05, 0.1) is 11.4 Å². The number of carbonyl (C=O) groups excluding carboxylic acids is 1. The minimum atomic E-state index is -3.19. The summed E-state index contributed by atoms with van der Waals surface area (Å²) in [6.45, 7) is 2.02. The molecule has 3 heterocycles. The Morgan fingerprint density at radius 3 is 2.91 bits per heavy atom. The number of carbonyl (C=O) groups is 1. The first-order chi connectivity index (χ1) is 15.7. The van der Waals surface area contributed by atoms with Crippen LogP contribution >= 0.6 is 0 Å². The van der Waals surface area contributed by atoms with Crippen molar-refractivity contribution in [2.75, 3.05) is 11.6 Å². The lowest BCUT2D eigenvalue weighted by Crippen LogP contribution is -2.36. The van der Waals surface area contributed by atoms with Crippen LogP contribution in [0.25, 0.3) is 5.52 Å². The molecule has 0 bridgehead atoms. The second-order valence-electron chi connectivity index (χ2n) is 9.37. The van der Waals surface area contributed by atoms with E-state index >= 15 is 0 Å². The Labute approximate surface area is 191 Å². The van der Waals surface area contributed by atoms with Gasteiger partial charge in [-0.2, -0.15) is 10.2 Å². The van der Waals surface area contributed by atoms with Crippen LogP contribution in [0.2, 0.25) is 0 Å². The maximum Gasteiger partial charge on any atom is 0.407 e. The Kier molecular flexibility index (Phi) is 5.26. The molecule has 0 aromatic carbocycles. The summed E-state index contributed by atoms with van der Waals surface area (Å²) >= 11 is 0. The van der Waals surface area contributed by atoms with Crippen molar-refractivity contribution in [1.29, 1.82) is 0 Å². The zero-order chi connectivity index (χ0) is 23.2. The van der Waals surface area contributed by atoms with Crippen LogP contribution in [-0.2, 0) is 20.3 Å². The van der Waals surface area contributed by atoms with Crippen molar-refractivity contribution in [1.82, 2.24) is 30.1 Å². The molecule has 0 spiro atoms. The van der Waals surface area contributed by atoms with Crippen molar-refractivity contribution < 1.29 is 17.9 Å². The van der Waals surface area contributed by atoms with E-state index in [0.717, 1.165) is 37.8 Å². The molecule has 3 aromatic heterocycles. The highest BCUT2D eigenvalue weighted by Gasteiger charge is 2.40. The molecule has 5 rings (SSSR count). The van der Waals surface area contributed by atoms with Gasteiger partial charge < -0.3 is 15.4 Å². The highest BCUT2D eigenvalue weighted by molar-refractivity contribution is 7.89. The molecule has 11 nitrogen and oxygen atoms in total. The second kappa shape index (κ2) is 8.01. The number of anilines is 2. The summed E-state index contributed by atoms with van der Waals surface area (Å²) in [5, 5.41) is 17.9.